The Morgan fingerprint density at radius 3 is 2.48 bits per heavy atom. The van der Waals surface area contributed by atoms with Crippen LogP contribution in [0.2, 0.25) is 0 Å². The number of hydrogen-bond acceptors (Lipinski definition) is 3. The van der Waals surface area contributed by atoms with Crippen LogP contribution in [0.1, 0.15) is 65.2 Å². The lowest BCUT2D eigenvalue weighted by Crippen LogP contribution is -2.59. The molecule has 3 atom stereocenters. The van der Waals surface area contributed by atoms with Crippen molar-refractivity contribution in [1.29, 1.82) is 0 Å². The summed E-state index contributed by atoms with van der Waals surface area (Å²) in [7, 11) is 2.30. The number of hydrogen-bond donors (Lipinski definition) is 1. The molecule has 1 saturated heterocycles. The molecular formula is C18H37N3. The van der Waals surface area contributed by atoms with Gasteiger partial charge in [0.2, 0.25) is 0 Å². The molecule has 1 heterocycles. The molecule has 1 aliphatic heterocycles. The largest absolute Gasteiger partial charge is 0.312 e. The fraction of sp³-hybridized carbons (Fsp3) is 1.00. The SMILES string of the molecule is CCCNC1CCCCCCC1N1CCN(C)C(CC)C1. The third-order valence-corrected chi connectivity index (χ3v) is 5.63. The Kier molecular flexibility index (Phi) is 7.48. The van der Waals surface area contributed by atoms with Crippen LogP contribution in [-0.4, -0.2) is 61.2 Å². The van der Waals surface area contributed by atoms with Gasteiger partial charge in [0.05, 0.1) is 0 Å². The predicted octanol–water partition coefficient (Wildman–Crippen LogP) is 3.10. The van der Waals surface area contributed by atoms with Crippen molar-refractivity contribution in [1.82, 2.24) is 15.1 Å². The minimum Gasteiger partial charge on any atom is -0.312 e. The van der Waals surface area contributed by atoms with Crippen LogP contribution in [0.25, 0.3) is 0 Å². The number of likely N-dealkylation sites (N-methyl/N-ethyl adjacent to an activating group) is 1. The van der Waals surface area contributed by atoms with Gasteiger partial charge in [-0.25, -0.2) is 0 Å². The highest BCUT2D eigenvalue weighted by molar-refractivity contribution is 4.90. The van der Waals surface area contributed by atoms with Gasteiger partial charge in [-0.15, -0.1) is 0 Å². The van der Waals surface area contributed by atoms with Crippen molar-refractivity contribution in [3.8, 4) is 0 Å². The normalized spacial score (nSPS) is 33.6. The van der Waals surface area contributed by atoms with E-state index in [4.69, 9.17) is 0 Å². The third-order valence-electron chi connectivity index (χ3n) is 5.63. The fourth-order valence-electron chi connectivity index (χ4n) is 4.18. The van der Waals surface area contributed by atoms with E-state index in [0.717, 1.165) is 18.1 Å². The van der Waals surface area contributed by atoms with Gasteiger partial charge in [0.1, 0.15) is 0 Å². The second kappa shape index (κ2) is 9.12. The van der Waals surface area contributed by atoms with Gasteiger partial charge in [0.15, 0.2) is 0 Å². The van der Waals surface area contributed by atoms with E-state index < -0.39 is 0 Å². The highest BCUT2D eigenvalue weighted by Crippen LogP contribution is 2.24. The summed E-state index contributed by atoms with van der Waals surface area (Å²) in [6.07, 6.45) is 11.1. The number of piperazine rings is 1. The van der Waals surface area contributed by atoms with Crippen molar-refractivity contribution in [3.63, 3.8) is 0 Å². The maximum absolute atomic E-state index is 3.88. The molecule has 21 heavy (non-hydrogen) atoms. The van der Waals surface area contributed by atoms with Crippen molar-refractivity contribution in [2.24, 2.45) is 0 Å². The second-order valence-electron chi connectivity index (χ2n) is 7.16. The molecule has 0 spiro atoms. The molecule has 2 fully saturated rings. The Labute approximate surface area is 132 Å². The first kappa shape index (κ1) is 17.2. The quantitative estimate of drug-likeness (QED) is 0.841. The van der Waals surface area contributed by atoms with E-state index in [0.29, 0.717) is 0 Å². The van der Waals surface area contributed by atoms with Crippen molar-refractivity contribution >= 4 is 0 Å². The average Bonchev–Trinajstić information content (AvgIpc) is 2.47. The van der Waals surface area contributed by atoms with Crippen LogP contribution in [0.5, 0.6) is 0 Å². The maximum Gasteiger partial charge on any atom is 0.0250 e. The zero-order valence-corrected chi connectivity index (χ0v) is 14.6. The Morgan fingerprint density at radius 1 is 1.00 bits per heavy atom. The van der Waals surface area contributed by atoms with Crippen LogP contribution in [0.15, 0.2) is 0 Å². The zero-order valence-electron chi connectivity index (χ0n) is 14.6. The molecule has 1 aliphatic carbocycles. The molecule has 2 rings (SSSR count). The maximum atomic E-state index is 3.88. The van der Waals surface area contributed by atoms with Crippen molar-refractivity contribution in [2.45, 2.75) is 83.3 Å². The lowest BCUT2D eigenvalue weighted by molar-refractivity contribution is 0.0407. The molecule has 2 aliphatic rings. The van der Waals surface area contributed by atoms with Crippen LogP contribution >= 0.6 is 0 Å². The van der Waals surface area contributed by atoms with Gasteiger partial charge in [0, 0.05) is 37.8 Å². The minimum atomic E-state index is 0.728. The van der Waals surface area contributed by atoms with Gasteiger partial charge < -0.3 is 10.2 Å². The molecule has 1 N–H and O–H groups in total. The molecule has 3 heteroatoms. The van der Waals surface area contributed by atoms with Crippen molar-refractivity contribution in [2.75, 3.05) is 33.2 Å². The summed E-state index contributed by atoms with van der Waals surface area (Å²) >= 11 is 0. The van der Waals surface area contributed by atoms with Gasteiger partial charge in [0.25, 0.3) is 0 Å². The summed E-state index contributed by atoms with van der Waals surface area (Å²) in [6.45, 7) is 9.61. The van der Waals surface area contributed by atoms with Crippen molar-refractivity contribution < 1.29 is 0 Å². The van der Waals surface area contributed by atoms with Crippen molar-refractivity contribution in [3.05, 3.63) is 0 Å². The Bertz CT molecular complexity index is 280. The first-order valence-electron chi connectivity index (χ1n) is 9.44. The van der Waals surface area contributed by atoms with Gasteiger partial charge in [-0.3, -0.25) is 4.90 Å². The van der Waals surface area contributed by atoms with Crippen LogP contribution in [0.4, 0.5) is 0 Å². The lowest BCUT2D eigenvalue weighted by Gasteiger charge is -2.46. The number of nitrogens with one attached hydrogen (secondary N) is 1. The smallest absolute Gasteiger partial charge is 0.0250 e. The van der Waals surface area contributed by atoms with Crippen LogP contribution < -0.4 is 5.32 Å². The standard InChI is InChI=1S/C18H37N3/c1-4-12-19-17-10-8-6-7-9-11-18(17)21-14-13-20(3)16(5-2)15-21/h16-19H,4-15H2,1-3H3. The highest BCUT2D eigenvalue weighted by Gasteiger charge is 2.32. The summed E-state index contributed by atoms with van der Waals surface area (Å²) in [5, 5.41) is 3.88. The van der Waals surface area contributed by atoms with Crippen LogP contribution in [0.3, 0.4) is 0 Å². The Hall–Kier alpha value is -0.120. The molecule has 0 radical (unpaired) electrons. The summed E-state index contributed by atoms with van der Waals surface area (Å²) in [5.41, 5.74) is 0. The van der Waals surface area contributed by atoms with E-state index in [9.17, 15) is 0 Å². The molecule has 1 saturated carbocycles. The van der Waals surface area contributed by atoms with Gasteiger partial charge in [-0.1, -0.05) is 39.5 Å². The molecule has 0 aromatic rings. The predicted molar refractivity (Wildman–Crippen MR) is 91.9 cm³/mol. The van der Waals surface area contributed by atoms with E-state index in [1.165, 1.54) is 77.5 Å². The minimum absolute atomic E-state index is 0.728. The molecule has 3 nitrogen and oxygen atoms in total. The van der Waals surface area contributed by atoms with Crippen LogP contribution in [-0.2, 0) is 0 Å². The van der Waals surface area contributed by atoms with E-state index >= 15 is 0 Å². The summed E-state index contributed by atoms with van der Waals surface area (Å²) in [4.78, 5) is 5.39. The number of rotatable bonds is 5. The first-order chi connectivity index (χ1) is 10.3. The number of nitrogens with zero attached hydrogens (tertiary/aromatic N) is 2. The fourth-order valence-corrected chi connectivity index (χ4v) is 4.18. The Morgan fingerprint density at radius 2 is 1.76 bits per heavy atom. The van der Waals surface area contributed by atoms with Gasteiger partial charge >= 0.3 is 0 Å². The van der Waals surface area contributed by atoms with E-state index in [2.05, 4.69) is 36.0 Å². The summed E-state index contributed by atoms with van der Waals surface area (Å²) in [6, 6.07) is 2.27. The van der Waals surface area contributed by atoms with E-state index in [1.807, 2.05) is 0 Å². The van der Waals surface area contributed by atoms with Gasteiger partial charge in [-0.2, -0.15) is 0 Å². The monoisotopic (exact) mass is 295 g/mol. The third kappa shape index (κ3) is 4.94. The topological polar surface area (TPSA) is 18.5 Å². The molecule has 3 unspecified atom stereocenters. The van der Waals surface area contributed by atoms with Crippen LogP contribution in [0, 0.1) is 0 Å². The highest BCUT2D eigenvalue weighted by atomic mass is 15.3. The lowest BCUT2D eigenvalue weighted by atomic mass is 9.90. The summed E-state index contributed by atoms with van der Waals surface area (Å²) < 4.78 is 0. The first-order valence-corrected chi connectivity index (χ1v) is 9.44. The Balaban J connectivity index is 2.00. The molecule has 0 bridgehead atoms. The molecule has 0 aromatic heterocycles. The second-order valence-corrected chi connectivity index (χ2v) is 7.16. The summed E-state index contributed by atoms with van der Waals surface area (Å²) in [5.74, 6) is 0. The molecule has 0 amide bonds. The van der Waals surface area contributed by atoms with E-state index in [-0.39, 0.29) is 0 Å². The van der Waals surface area contributed by atoms with E-state index in [1.54, 1.807) is 0 Å². The molecule has 124 valence electrons. The zero-order chi connectivity index (χ0) is 15.1. The molecule has 0 aromatic carbocycles. The average molecular weight is 296 g/mol. The molecular weight excluding hydrogens is 258 g/mol. The van der Waals surface area contributed by atoms with Gasteiger partial charge in [-0.05, 0) is 39.3 Å².